The average Bonchev–Trinajstić information content (AvgIpc) is 2.80. The van der Waals surface area contributed by atoms with E-state index in [2.05, 4.69) is 37.9 Å². The first kappa shape index (κ1) is 11.3. The maximum absolute atomic E-state index is 5.77. The van der Waals surface area contributed by atoms with Gasteiger partial charge in [0.15, 0.2) is 11.5 Å². The smallest absolute Gasteiger partial charge is 0.180 e. The first-order valence-corrected chi connectivity index (χ1v) is 6.42. The number of rotatable bonds is 2. The molecule has 3 rings (SSSR count). The summed E-state index contributed by atoms with van der Waals surface area (Å²) >= 11 is 2.27. The Hall–Kier alpha value is -1.83. The van der Waals surface area contributed by atoms with Crippen molar-refractivity contribution in [2.75, 3.05) is 11.1 Å². The van der Waals surface area contributed by atoms with Crippen LogP contribution in [0.2, 0.25) is 0 Å². The summed E-state index contributed by atoms with van der Waals surface area (Å²) in [5.41, 5.74) is 7.51. The summed E-state index contributed by atoms with van der Waals surface area (Å²) in [5.74, 6) is 1.11. The lowest BCUT2D eigenvalue weighted by Crippen LogP contribution is -2.02. The minimum atomic E-state index is 0.453. The fourth-order valence-corrected chi connectivity index (χ4v) is 2.25. The second-order valence-electron chi connectivity index (χ2n) is 3.78. The van der Waals surface area contributed by atoms with E-state index in [0.717, 1.165) is 14.9 Å². The SMILES string of the molecule is Nc1cn2ccnc2c(Nc2ccccc2I)n1. The van der Waals surface area contributed by atoms with Gasteiger partial charge in [0.25, 0.3) is 0 Å². The largest absolute Gasteiger partial charge is 0.382 e. The van der Waals surface area contributed by atoms with Crippen molar-refractivity contribution in [1.82, 2.24) is 14.4 Å². The first-order chi connectivity index (χ1) is 8.74. The molecule has 90 valence electrons. The van der Waals surface area contributed by atoms with Crippen LogP contribution in [0, 0.1) is 3.57 Å². The van der Waals surface area contributed by atoms with Gasteiger partial charge in [-0.3, -0.25) is 0 Å². The lowest BCUT2D eigenvalue weighted by Gasteiger charge is -2.09. The number of imidazole rings is 1. The summed E-state index contributed by atoms with van der Waals surface area (Å²) in [6.07, 6.45) is 5.30. The van der Waals surface area contributed by atoms with Crippen molar-refractivity contribution in [3.05, 3.63) is 46.4 Å². The lowest BCUT2D eigenvalue weighted by molar-refractivity contribution is 1.14. The normalized spacial score (nSPS) is 10.7. The molecule has 0 unspecified atom stereocenters. The van der Waals surface area contributed by atoms with Crippen LogP contribution in [0.3, 0.4) is 0 Å². The van der Waals surface area contributed by atoms with E-state index in [4.69, 9.17) is 5.73 Å². The molecule has 1 aromatic carbocycles. The minimum Gasteiger partial charge on any atom is -0.382 e. The van der Waals surface area contributed by atoms with Crippen molar-refractivity contribution in [1.29, 1.82) is 0 Å². The highest BCUT2D eigenvalue weighted by Gasteiger charge is 2.07. The van der Waals surface area contributed by atoms with E-state index in [1.807, 2.05) is 34.9 Å². The summed E-state index contributed by atoms with van der Waals surface area (Å²) in [6, 6.07) is 7.98. The van der Waals surface area contributed by atoms with E-state index in [-0.39, 0.29) is 0 Å². The molecule has 0 amide bonds. The molecular formula is C12H10IN5. The van der Waals surface area contributed by atoms with Crippen molar-refractivity contribution < 1.29 is 0 Å². The zero-order valence-electron chi connectivity index (χ0n) is 9.34. The van der Waals surface area contributed by atoms with E-state index in [0.29, 0.717) is 11.6 Å². The van der Waals surface area contributed by atoms with E-state index >= 15 is 0 Å². The standard InChI is InChI=1S/C12H10IN5/c13-8-3-1-2-4-9(8)16-11-12-15-5-6-18(12)7-10(14)17-11/h1-7H,14H2,(H,16,17). The van der Waals surface area contributed by atoms with Gasteiger partial charge in [0, 0.05) is 16.0 Å². The third-order valence-corrected chi connectivity index (χ3v) is 3.46. The molecule has 0 aliphatic heterocycles. The molecular weight excluding hydrogens is 341 g/mol. The van der Waals surface area contributed by atoms with Crippen LogP contribution in [0.5, 0.6) is 0 Å². The highest BCUT2D eigenvalue weighted by molar-refractivity contribution is 14.1. The van der Waals surface area contributed by atoms with Gasteiger partial charge in [0.05, 0.1) is 11.9 Å². The van der Waals surface area contributed by atoms with Crippen molar-refractivity contribution in [3.8, 4) is 0 Å². The highest BCUT2D eigenvalue weighted by Crippen LogP contribution is 2.23. The molecule has 18 heavy (non-hydrogen) atoms. The van der Waals surface area contributed by atoms with E-state index in [9.17, 15) is 0 Å². The lowest BCUT2D eigenvalue weighted by atomic mass is 10.3. The third-order valence-electron chi connectivity index (χ3n) is 2.52. The molecule has 0 fully saturated rings. The van der Waals surface area contributed by atoms with Gasteiger partial charge in [0.2, 0.25) is 0 Å². The van der Waals surface area contributed by atoms with Crippen LogP contribution in [-0.4, -0.2) is 14.4 Å². The number of fused-ring (bicyclic) bond motifs is 1. The molecule has 0 aliphatic rings. The summed E-state index contributed by atoms with van der Waals surface area (Å²) in [6.45, 7) is 0. The van der Waals surface area contributed by atoms with Gasteiger partial charge < -0.3 is 15.5 Å². The zero-order valence-corrected chi connectivity index (χ0v) is 11.5. The fourth-order valence-electron chi connectivity index (χ4n) is 1.73. The topological polar surface area (TPSA) is 68.2 Å². The summed E-state index contributed by atoms with van der Waals surface area (Å²) in [4.78, 5) is 8.56. The number of para-hydroxylation sites is 1. The van der Waals surface area contributed by atoms with E-state index in [1.165, 1.54) is 0 Å². The van der Waals surface area contributed by atoms with Crippen LogP contribution in [0.1, 0.15) is 0 Å². The van der Waals surface area contributed by atoms with Crippen LogP contribution in [0.25, 0.3) is 5.65 Å². The molecule has 2 aromatic heterocycles. The van der Waals surface area contributed by atoms with Gasteiger partial charge in [-0.25, -0.2) is 9.97 Å². The van der Waals surface area contributed by atoms with Crippen LogP contribution < -0.4 is 11.1 Å². The van der Waals surface area contributed by atoms with Gasteiger partial charge >= 0.3 is 0 Å². The quantitative estimate of drug-likeness (QED) is 0.697. The first-order valence-electron chi connectivity index (χ1n) is 5.35. The Morgan fingerprint density at radius 1 is 1.28 bits per heavy atom. The maximum Gasteiger partial charge on any atom is 0.180 e. The number of anilines is 3. The number of nitrogens with one attached hydrogen (secondary N) is 1. The van der Waals surface area contributed by atoms with Crippen LogP contribution >= 0.6 is 22.6 Å². The molecule has 0 bridgehead atoms. The van der Waals surface area contributed by atoms with Crippen LogP contribution in [0.15, 0.2) is 42.9 Å². The second-order valence-corrected chi connectivity index (χ2v) is 4.94. The molecule has 0 aliphatic carbocycles. The Morgan fingerprint density at radius 2 is 2.11 bits per heavy atom. The predicted octanol–water partition coefficient (Wildman–Crippen LogP) is 2.66. The van der Waals surface area contributed by atoms with Crippen molar-refractivity contribution in [2.24, 2.45) is 0 Å². The van der Waals surface area contributed by atoms with Gasteiger partial charge in [-0.05, 0) is 34.7 Å². The number of nitrogens with two attached hydrogens (primary N) is 1. The highest BCUT2D eigenvalue weighted by atomic mass is 127. The van der Waals surface area contributed by atoms with Gasteiger partial charge in [-0.1, -0.05) is 12.1 Å². The number of halogens is 1. The molecule has 3 N–H and O–H groups in total. The fraction of sp³-hybridized carbons (Fsp3) is 0. The average molecular weight is 351 g/mol. The zero-order chi connectivity index (χ0) is 12.5. The number of benzene rings is 1. The number of hydrogen-bond donors (Lipinski definition) is 2. The summed E-state index contributed by atoms with van der Waals surface area (Å²) in [7, 11) is 0. The monoisotopic (exact) mass is 351 g/mol. The Bertz CT molecular complexity index is 707. The molecule has 0 saturated heterocycles. The second kappa shape index (κ2) is 4.45. The Kier molecular flexibility index (Phi) is 2.78. The summed E-state index contributed by atoms with van der Waals surface area (Å²) < 4.78 is 2.96. The summed E-state index contributed by atoms with van der Waals surface area (Å²) in [5, 5.41) is 3.26. The van der Waals surface area contributed by atoms with E-state index < -0.39 is 0 Å². The Morgan fingerprint density at radius 3 is 2.94 bits per heavy atom. The molecule has 0 radical (unpaired) electrons. The van der Waals surface area contributed by atoms with Gasteiger partial charge in [-0.2, -0.15) is 0 Å². The van der Waals surface area contributed by atoms with Crippen LogP contribution in [-0.2, 0) is 0 Å². The van der Waals surface area contributed by atoms with Gasteiger partial charge in [0.1, 0.15) is 5.82 Å². The predicted molar refractivity (Wildman–Crippen MR) is 79.8 cm³/mol. The number of nitrogen functional groups attached to an aromatic ring is 1. The number of hydrogen-bond acceptors (Lipinski definition) is 4. The van der Waals surface area contributed by atoms with E-state index in [1.54, 1.807) is 12.4 Å². The van der Waals surface area contributed by atoms with Crippen LogP contribution in [0.4, 0.5) is 17.3 Å². The third kappa shape index (κ3) is 1.99. The van der Waals surface area contributed by atoms with Crippen molar-refractivity contribution >= 4 is 45.6 Å². The Balaban J connectivity index is 2.10. The van der Waals surface area contributed by atoms with Crippen molar-refractivity contribution in [2.45, 2.75) is 0 Å². The number of aromatic nitrogens is 3. The molecule has 2 heterocycles. The van der Waals surface area contributed by atoms with Gasteiger partial charge in [-0.15, -0.1) is 0 Å². The maximum atomic E-state index is 5.77. The molecule has 5 nitrogen and oxygen atoms in total. The molecule has 6 heteroatoms. The number of nitrogens with zero attached hydrogens (tertiary/aromatic N) is 3. The molecule has 0 saturated carbocycles. The molecule has 0 spiro atoms. The van der Waals surface area contributed by atoms with Crippen molar-refractivity contribution in [3.63, 3.8) is 0 Å². The Labute approximate surface area is 117 Å². The minimum absolute atomic E-state index is 0.453. The molecule has 3 aromatic rings. The molecule has 0 atom stereocenters.